The van der Waals surface area contributed by atoms with Gasteiger partial charge in [0.2, 0.25) is 0 Å². The van der Waals surface area contributed by atoms with Gasteiger partial charge < -0.3 is 0 Å². The quantitative estimate of drug-likeness (QED) is 0.380. The predicted molar refractivity (Wildman–Crippen MR) is 99.8 cm³/mol. The van der Waals surface area contributed by atoms with Crippen molar-refractivity contribution >= 4 is 22.4 Å². The molecule has 0 atom stereocenters. The Hall–Kier alpha value is -2.57. The maximum atomic E-state index is 5.98. The minimum Gasteiger partial charge on any atom is -0.0843 e. The van der Waals surface area contributed by atoms with Crippen molar-refractivity contribution in [3.05, 3.63) is 96.0 Å². The second-order valence-corrected chi connectivity index (χ2v) is 6.09. The third-order valence-corrected chi connectivity index (χ3v) is 4.38. The Morgan fingerprint density at radius 1 is 0.435 bits per heavy atom. The first kappa shape index (κ1) is 14.0. The zero-order valence-corrected chi connectivity index (χ0v) is 13.3. The maximum absolute atomic E-state index is 5.98. The smallest absolute Gasteiger partial charge is 0.0406 e. The highest BCUT2D eigenvalue weighted by atomic mass is 35.5. The molecular formula is C22H15Cl. The molecule has 4 rings (SSSR count). The average Bonchev–Trinajstić information content (AvgIpc) is 2.62. The van der Waals surface area contributed by atoms with E-state index in [1.807, 2.05) is 18.2 Å². The maximum Gasteiger partial charge on any atom is 0.0406 e. The molecule has 0 aliphatic rings. The predicted octanol–water partition coefficient (Wildman–Crippen LogP) is 6.83. The van der Waals surface area contributed by atoms with Crippen LogP contribution in [0.25, 0.3) is 33.0 Å². The molecule has 0 spiro atoms. The zero-order valence-electron chi connectivity index (χ0n) is 12.5. The minimum atomic E-state index is 0.765. The number of hydrogen-bond acceptors (Lipinski definition) is 0. The van der Waals surface area contributed by atoms with Crippen molar-refractivity contribution in [1.29, 1.82) is 0 Å². The van der Waals surface area contributed by atoms with E-state index >= 15 is 0 Å². The summed E-state index contributed by atoms with van der Waals surface area (Å²) < 4.78 is 0. The highest BCUT2D eigenvalue weighted by Crippen LogP contribution is 2.29. The second kappa shape index (κ2) is 5.91. The van der Waals surface area contributed by atoms with Crippen LogP contribution in [-0.4, -0.2) is 0 Å². The van der Waals surface area contributed by atoms with Crippen LogP contribution in [0.2, 0.25) is 5.02 Å². The van der Waals surface area contributed by atoms with Gasteiger partial charge in [-0.2, -0.15) is 0 Å². The molecule has 110 valence electrons. The van der Waals surface area contributed by atoms with Gasteiger partial charge in [-0.25, -0.2) is 0 Å². The molecule has 0 aromatic heterocycles. The Morgan fingerprint density at radius 2 is 0.957 bits per heavy atom. The summed E-state index contributed by atoms with van der Waals surface area (Å²) >= 11 is 5.98. The Balaban J connectivity index is 1.82. The van der Waals surface area contributed by atoms with E-state index in [2.05, 4.69) is 72.8 Å². The number of halogens is 1. The lowest BCUT2D eigenvalue weighted by atomic mass is 9.98. The lowest BCUT2D eigenvalue weighted by Gasteiger charge is -2.07. The van der Waals surface area contributed by atoms with Gasteiger partial charge in [0, 0.05) is 5.02 Å². The molecule has 4 aromatic rings. The molecule has 0 aliphatic heterocycles. The van der Waals surface area contributed by atoms with Crippen molar-refractivity contribution in [2.45, 2.75) is 0 Å². The molecule has 4 aromatic carbocycles. The van der Waals surface area contributed by atoms with Crippen molar-refractivity contribution in [1.82, 2.24) is 0 Å². The molecule has 0 N–H and O–H groups in total. The SMILES string of the molecule is Clc1ccc(-c2ccc3ccc(-c4ccccc4)cc3c2)cc1. The topological polar surface area (TPSA) is 0 Å². The summed E-state index contributed by atoms with van der Waals surface area (Å²) in [7, 11) is 0. The van der Waals surface area contributed by atoms with Crippen LogP contribution in [0, 0.1) is 0 Å². The van der Waals surface area contributed by atoms with Gasteiger partial charge in [-0.05, 0) is 57.3 Å². The second-order valence-electron chi connectivity index (χ2n) is 5.65. The average molecular weight is 315 g/mol. The third kappa shape index (κ3) is 2.86. The fourth-order valence-electron chi connectivity index (χ4n) is 2.88. The first-order valence-corrected chi connectivity index (χ1v) is 8.03. The molecule has 0 saturated heterocycles. The number of fused-ring (bicyclic) bond motifs is 1. The summed E-state index contributed by atoms with van der Waals surface area (Å²) in [4.78, 5) is 0. The number of benzene rings is 4. The standard InChI is InChI=1S/C22H15Cl/c23-22-12-10-17(11-13-22)20-9-7-18-6-8-19(14-21(18)15-20)16-4-2-1-3-5-16/h1-15H. The van der Waals surface area contributed by atoms with Crippen molar-refractivity contribution in [3.8, 4) is 22.3 Å². The Labute approximate surface area is 141 Å². The van der Waals surface area contributed by atoms with Crippen molar-refractivity contribution < 1.29 is 0 Å². The largest absolute Gasteiger partial charge is 0.0843 e. The monoisotopic (exact) mass is 314 g/mol. The van der Waals surface area contributed by atoms with Gasteiger partial charge in [-0.1, -0.05) is 78.3 Å². The third-order valence-electron chi connectivity index (χ3n) is 4.12. The summed E-state index contributed by atoms with van der Waals surface area (Å²) in [6.45, 7) is 0. The molecule has 23 heavy (non-hydrogen) atoms. The first-order chi connectivity index (χ1) is 11.3. The van der Waals surface area contributed by atoms with Crippen LogP contribution in [0.15, 0.2) is 91.0 Å². The molecule has 1 heteroatoms. The van der Waals surface area contributed by atoms with E-state index in [1.165, 1.54) is 33.0 Å². The number of hydrogen-bond donors (Lipinski definition) is 0. The van der Waals surface area contributed by atoms with Crippen LogP contribution in [0.5, 0.6) is 0 Å². The first-order valence-electron chi connectivity index (χ1n) is 7.65. The van der Waals surface area contributed by atoms with Crippen LogP contribution in [0.1, 0.15) is 0 Å². The van der Waals surface area contributed by atoms with E-state index in [0.29, 0.717) is 0 Å². The van der Waals surface area contributed by atoms with Crippen LogP contribution in [-0.2, 0) is 0 Å². The van der Waals surface area contributed by atoms with Gasteiger partial charge in [-0.15, -0.1) is 0 Å². The lowest BCUT2D eigenvalue weighted by Crippen LogP contribution is -1.81. The van der Waals surface area contributed by atoms with Gasteiger partial charge in [0.05, 0.1) is 0 Å². The van der Waals surface area contributed by atoms with Crippen molar-refractivity contribution in [2.75, 3.05) is 0 Å². The minimum absolute atomic E-state index is 0.765. The van der Waals surface area contributed by atoms with E-state index in [0.717, 1.165) is 5.02 Å². The Bertz CT molecular complexity index is 954. The summed E-state index contributed by atoms with van der Waals surface area (Å²) in [5.41, 5.74) is 4.87. The van der Waals surface area contributed by atoms with E-state index in [1.54, 1.807) is 0 Å². The number of rotatable bonds is 2. The zero-order chi connectivity index (χ0) is 15.6. The van der Waals surface area contributed by atoms with Crippen LogP contribution in [0.3, 0.4) is 0 Å². The molecule has 0 heterocycles. The van der Waals surface area contributed by atoms with E-state index < -0.39 is 0 Å². The lowest BCUT2D eigenvalue weighted by molar-refractivity contribution is 1.62. The van der Waals surface area contributed by atoms with Crippen molar-refractivity contribution in [2.24, 2.45) is 0 Å². The van der Waals surface area contributed by atoms with Crippen LogP contribution >= 0.6 is 11.6 Å². The molecule has 0 nitrogen and oxygen atoms in total. The van der Waals surface area contributed by atoms with Gasteiger partial charge >= 0.3 is 0 Å². The van der Waals surface area contributed by atoms with Crippen LogP contribution in [0.4, 0.5) is 0 Å². The molecule has 0 fully saturated rings. The fourth-order valence-corrected chi connectivity index (χ4v) is 3.00. The summed E-state index contributed by atoms with van der Waals surface area (Å²) in [6, 6.07) is 31.7. The van der Waals surface area contributed by atoms with Crippen molar-refractivity contribution in [3.63, 3.8) is 0 Å². The van der Waals surface area contributed by atoms with E-state index in [4.69, 9.17) is 11.6 Å². The molecule has 0 aliphatic carbocycles. The molecule has 0 bridgehead atoms. The highest BCUT2D eigenvalue weighted by Gasteiger charge is 2.03. The summed E-state index contributed by atoms with van der Waals surface area (Å²) in [5, 5.41) is 3.27. The van der Waals surface area contributed by atoms with E-state index in [9.17, 15) is 0 Å². The Morgan fingerprint density at radius 3 is 1.57 bits per heavy atom. The van der Waals surface area contributed by atoms with Gasteiger partial charge in [0.1, 0.15) is 0 Å². The van der Waals surface area contributed by atoms with E-state index in [-0.39, 0.29) is 0 Å². The summed E-state index contributed by atoms with van der Waals surface area (Å²) in [6.07, 6.45) is 0. The molecule has 0 amide bonds. The normalized spacial score (nSPS) is 10.8. The molecule has 0 radical (unpaired) electrons. The highest BCUT2D eigenvalue weighted by molar-refractivity contribution is 6.30. The molecule has 0 saturated carbocycles. The van der Waals surface area contributed by atoms with Crippen LogP contribution < -0.4 is 0 Å². The van der Waals surface area contributed by atoms with Gasteiger partial charge in [0.15, 0.2) is 0 Å². The Kier molecular flexibility index (Phi) is 3.61. The van der Waals surface area contributed by atoms with Gasteiger partial charge in [-0.3, -0.25) is 0 Å². The summed E-state index contributed by atoms with van der Waals surface area (Å²) in [5.74, 6) is 0. The molecule has 0 unspecified atom stereocenters. The van der Waals surface area contributed by atoms with Gasteiger partial charge in [0.25, 0.3) is 0 Å². The molecular weight excluding hydrogens is 300 g/mol. The fraction of sp³-hybridized carbons (Fsp3) is 0.